The molecule has 2 atom stereocenters. The quantitative estimate of drug-likeness (QED) is 0.473. The number of benzene rings is 1. The highest BCUT2D eigenvalue weighted by atomic mass is 16.5. The normalized spacial score (nSPS) is 12.2. The lowest BCUT2D eigenvalue weighted by Gasteiger charge is -2.23. The van der Waals surface area contributed by atoms with E-state index in [0.717, 1.165) is 0 Å². The molecule has 158 valence electrons. The summed E-state index contributed by atoms with van der Waals surface area (Å²) in [5.74, 6) is -5.02. The van der Waals surface area contributed by atoms with Crippen LogP contribution >= 0.6 is 0 Å². The van der Waals surface area contributed by atoms with Crippen LogP contribution in [0.5, 0.6) is 0 Å². The van der Waals surface area contributed by atoms with Crippen molar-refractivity contribution in [1.29, 1.82) is 0 Å². The van der Waals surface area contributed by atoms with Crippen molar-refractivity contribution in [3.8, 4) is 0 Å². The average molecular weight is 407 g/mol. The zero-order chi connectivity index (χ0) is 22.0. The Morgan fingerprint density at radius 1 is 1.07 bits per heavy atom. The SMILES string of the molecule is CCOC(=O)C[C@@H](C(=O)OCC)[C@H](NC(=O)c1cccc(NC(C)=O)c1)C(N)=O. The Labute approximate surface area is 168 Å². The number of carbonyl (C=O) groups is 5. The number of esters is 2. The molecule has 0 saturated carbocycles. The molecule has 29 heavy (non-hydrogen) atoms. The molecule has 10 nitrogen and oxygen atoms in total. The summed E-state index contributed by atoms with van der Waals surface area (Å²) >= 11 is 0. The van der Waals surface area contributed by atoms with Gasteiger partial charge < -0.3 is 25.8 Å². The van der Waals surface area contributed by atoms with Gasteiger partial charge in [0.1, 0.15) is 6.04 Å². The van der Waals surface area contributed by atoms with Crippen molar-refractivity contribution in [2.24, 2.45) is 11.7 Å². The van der Waals surface area contributed by atoms with E-state index in [4.69, 9.17) is 15.2 Å². The van der Waals surface area contributed by atoms with E-state index >= 15 is 0 Å². The number of rotatable bonds is 10. The number of hydrogen-bond donors (Lipinski definition) is 3. The van der Waals surface area contributed by atoms with E-state index in [9.17, 15) is 24.0 Å². The Morgan fingerprint density at radius 2 is 1.72 bits per heavy atom. The molecule has 0 bridgehead atoms. The van der Waals surface area contributed by atoms with Crippen molar-refractivity contribution in [2.45, 2.75) is 33.2 Å². The number of nitrogens with one attached hydrogen (secondary N) is 2. The minimum absolute atomic E-state index is 0.0103. The van der Waals surface area contributed by atoms with Crippen molar-refractivity contribution >= 4 is 35.3 Å². The van der Waals surface area contributed by atoms with E-state index in [2.05, 4.69) is 10.6 Å². The van der Waals surface area contributed by atoms with Crippen LogP contribution in [-0.2, 0) is 28.7 Å². The standard InChI is InChI=1S/C19H25N3O7/c1-4-28-15(24)10-14(19(27)29-5-2)16(17(20)25)22-18(26)12-7-6-8-13(9-12)21-11(3)23/h6-9,14,16H,4-5,10H2,1-3H3,(H2,20,25)(H,21,23)(H,22,26)/t14-,16+/m1/s1. The molecule has 10 heteroatoms. The largest absolute Gasteiger partial charge is 0.466 e. The topological polar surface area (TPSA) is 154 Å². The number of nitrogens with two attached hydrogens (primary N) is 1. The molecule has 0 aliphatic carbocycles. The van der Waals surface area contributed by atoms with Crippen molar-refractivity contribution in [3.63, 3.8) is 0 Å². The maximum absolute atomic E-state index is 12.6. The van der Waals surface area contributed by atoms with Gasteiger partial charge in [0.2, 0.25) is 11.8 Å². The van der Waals surface area contributed by atoms with Gasteiger partial charge in [0, 0.05) is 18.2 Å². The summed E-state index contributed by atoms with van der Waals surface area (Å²) in [6, 6.07) is 4.44. The number of hydrogen-bond acceptors (Lipinski definition) is 7. The maximum atomic E-state index is 12.6. The van der Waals surface area contributed by atoms with Crippen LogP contribution < -0.4 is 16.4 Å². The fourth-order valence-corrected chi connectivity index (χ4v) is 2.52. The van der Waals surface area contributed by atoms with Crippen LogP contribution in [-0.4, -0.2) is 48.9 Å². The van der Waals surface area contributed by atoms with Crippen LogP contribution in [0.25, 0.3) is 0 Å². The number of primary amides is 1. The van der Waals surface area contributed by atoms with Gasteiger partial charge in [-0.2, -0.15) is 0 Å². The molecule has 1 rings (SSSR count). The second-order valence-corrected chi connectivity index (χ2v) is 5.98. The van der Waals surface area contributed by atoms with Gasteiger partial charge in [-0.15, -0.1) is 0 Å². The molecule has 0 aliphatic heterocycles. The summed E-state index contributed by atoms with van der Waals surface area (Å²) < 4.78 is 9.73. The van der Waals surface area contributed by atoms with Crippen molar-refractivity contribution < 1.29 is 33.4 Å². The third-order valence-electron chi connectivity index (χ3n) is 3.72. The van der Waals surface area contributed by atoms with E-state index in [1.165, 1.54) is 25.1 Å². The van der Waals surface area contributed by atoms with Gasteiger partial charge in [0.05, 0.1) is 25.6 Å². The molecule has 1 aromatic carbocycles. The van der Waals surface area contributed by atoms with Gasteiger partial charge in [-0.1, -0.05) is 6.07 Å². The fraction of sp³-hybridized carbons (Fsp3) is 0.421. The van der Waals surface area contributed by atoms with Gasteiger partial charge in [0.15, 0.2) is 0 Å². The first-order valence-corrected chi connectivity index (χ1v) is 8.99. The smallest absolute Gasteiger partial charge is 0.312 e. The summed E-state index contributed by atoms with van der Waals surface area (Å²) in [6.07, 6.45) is -0.494. The molecule has 0 heterocycles. The molecule has 1 aromatic rings. The predicted octanol–water partition coefficient (Wildman–Crippen LogP) is 0.361. The molecule has 0 fully saturated rings. The minimum atomic E-state index is -1.50. The molecule has 0 spiro atoms. The number of carbonyl (C=O) groups excluding carboxylic acids is 5. The molecule has 3 amide bonds. The van der Waals surface area contributed by atoms with Gasteiger partial charge in [-0.05, 0) is 32.0 Å². The summed E-state index contributed by atoms with van der Waals surface area (Å²) in [6.45, 7) is 4.56. The first-order valence-electron chi connectivity index (χ1n) is 8.99. The summed E-state index contributed by atoms with van der Waals surface area (Å²) in [4.78, 5) is 59.9. The highest BCUT2D eigenvalue weighted by molar-refractivity contribution is 6.00. The third-order valence-corrected chi connectivity index (χ3v) is 3.72. The molecule has 4 N–H and O–H groups in total. The lowest BCUT2D eigenvalue weighted by molar-refractivity contribution is -0.156. The van der Waals surface area contributed by atoms with Gasteiger partial charge in [-0.3, -0.25) is 24.0 Å². The maximum Gasteiger partial charge on any atom is 0.312 e. The highest BCUT2D eigenvalue weighted by Gasteiger charge is 2.37. The summed E-state index contributed by atoms with van der Waals surface area (Å²) in [5.41, 5.74) is 5.85. The van der Waals surface area contributed by atoms with Gasteiger partial charge in [0.25, 0.3) is 5.91 Å². The Morgan fingerprint density at radius 3 is 2.28 bits per heavy atom. The monoisotopic (exact) mass is 407 g/mol. The zero-order valence-corrected chi connectivity index (χ0v) is 16.5. The van der Waals surface area contributed by atoms with Gasteiger partial charge in [-0.25, -0.2) is 0 Å². The van der Waals surface area contributed by atoms with E-state index in [0.29, 0.717) is 5.69 Å². The van der Waals surface area contributed by atoms with Crippen LogP contribution in [0.2, 0.25) is 0 Å². The molecule has 0 unspecified atom stereocenters. The summed E-state index contributed by atoms with van der Waals surface area (Å²) in [7, 11) is 0. The number of ether oxygens (including phenoxy) is 2. The third kappa shape index (κ3) is 7.60. The second-order valence-electron chi connectivity index (χ2n) is 5.98. The van der Waals surface area contributed by atoms with E-state index in [1.54, 1.807) is 19.9 Å². The number of anilines is 1. The molecule has 0 aliphatic rings. The molecule has 0 saturated heterocycles. The van der Waals surface area contributed by atoms with Crippen LogP contribution in [0.4, 0.5) is 5.69 Å². The lowest BCUT2D eigenvalue weighted by atomic mass is 9.95. The van der Waals surface area contributed by atoms with E-state index in [-0.39, 0.29) is 24.7 Å². The Balaban J connectivity index is 3.09. The van der Waals surface area contributed by atoms with Gasteiger partial charge >= 0.3 is 11.9 Å². The van der Waals surface area contributed by atoms with Crippen molar-refractivity contribution in [1.82, 2.24) is 5.32 Å². The predicted molar refractivity (Wildman–Crippen MR) is 103 cm³/mol. The Hall–Kier alpha value is -3.43. The number of amides is 3. The molecular weight excluding hydrogens is 382 g/mol. The Kier molecular flexibility index (Phi) is 9.30. The highest BCUT2D eigenvalue weighted by Crippen LogP contribution is 2.16. The molecule has 0 radical (unpaired) electrons. The zero-order valence-electron chi connectivity index (χ0n) is 16.5. The average Bonchev–Trinajstić information content (AvgIpc) is 2.64. The fourth-order valence-electron chi connectivity index (χ4n) is 2.52. The van der Waals surface area contributed by atoms with Crippen molar-refractivity contribution in [3.05, 3.63) is 29.8 Å². The molecular formula is C19H25N3O7. The van der Waals surface area contributed by atoms with Crippen LogP contribution in [0.15, 0.2) is 24.3 Å². The molecule has 0 aromatic heterocycles. The first kappa shape index (κ1) is 23.6. The van der Waals surface area contributed by atoms with Crippen LogP contribution in [0, 0.1) is 5.92 Å². The second kappa shape index (κ2) is 11.4. The minimum Gasteiger partial charge on any atom is -0.466 e. The van der Waals surface area contributed by atoms with E-state index in [1.807, 2.05) is 0 Å². The summed E-state index contributed by atoms with van der Waals surface area (Å²) in [5, 5.41) is 4.89. The van der Waals surface area contributed by atoms with Crippen LogP contribution in [0.3, 0.4) is 0 Å². The Bertz CT molecular complexity index is 779. The lowest BCUT2D eigenvalue weighted by Crippen LogP contribution is -2.52. The first-order chi connectivity index (χ1) is 13.7. The van der Waals surface area contributed by atoms with Crippen molar-refractivity contribution in [2.75, 3.05) is 18.5 Å². The van der Waals surface area contributed by atoms with Crippen LogP contribution in [0.1, 0.15) is 37.6 Å². The van der Waals surface area contributed by atoms with E-state index < -0.39 is 42.1 Å².